The van der Waals surface area contributed by atoms with E-state index in [0.29, 0.717) is 18.7 Å². The highest BCUT2D eigenvalue weighted by atomic mass is 16.6. The fourth-order valence-corrected chi connectivity index (χ4v) is 2.29. The van der Waals surface area contributed by atoms with Gasteiger partial charge < -0.3 is 14.4 Å². The molecule has 1 amide bonds. The zero-order valence-electron chi connectivity index (χ0n) is 12.0. The molecule has 0 radical (unpaired) electrons. The van der Waals surface area contributed by atoms with Crippen molar-refractivity contribution in [3.63, 3.8) is 0 Å². The maximum atomic E-state index is 12.3. The Morgan fingerprint density at radius 2 is 2.19 bits per heavy atom. The number of carbonyl (C=O) groups is 1. The summed E-state index contributed by atoms with van der Waals surface area (Å²) in [5.74, 6) is 1.39. The van der Waals surface area contributed by atoms with Crippen molar-refractivity contribution in [1.82, 2.24) is 14.7 Å². The Hall–Kier alpha value is -2.50. The third-order valence-corrected chi connectivity index (χ3v) is 3.34. The van der Waals surface area contributed by atoms with Crippen LogP contribution in [-0.4, -0.2) is 46.9 Å². The number of rotatable bonds is 3. The van der Waals surface area contributed by atoms with Crippen LogP contribution in [0.1, 0.15) is 10.4 Å². The highest BCUT2D eigenvalue weighted by Gasteiger charge is 2.24. The third kappa shape index (κ3) is 2.84. The SMILES string of the molecule is CN(C[C@@H]1COc2ccccc2O1)C(=O)c1cnn(C)c1. The van der Waals surface area contributed by atoms with Crippen LogP contribution >= 0.6 is 0 Å². The number of nitrogens with zero attached hydrogens (tertiary/aromatic N) is 3. The lowest BCUT2D eigenvalue weighted by Crippen LogP contribution is -2.41. The van der Waals surface area contributed by atoms with Gasteiger partial charge >= 0.3 is 0 Å². The van der Waals surface area contributed by atoms with Crippen molar-refractivity contribution in [3.05, 3.63) is 42.2 Å². The number of carbonyl (C=O) groups excluding carboxylic acids is 1. The van der Waals surface area contributed by atoms with Gasteiger partial charge in [0.05, 0.1) is 18.3 Å². The van der Waals surface area contributed by atoms with E-state index >= 15 is 0 Å². The topological polar surface area (TPSA) is 56.6 Å². The predicted octanol–water partition coefficient (Wildman–Crippen LogP) is 1.33. The molecule has 0 bridgehead atoms. The standard InChI is InChI=1S/C15H17N3O3/c1-17(15(19)11-7-16-18(2)8-11)9-12-10-20-13-5-3-4-6-14(13)21-12/h3-8,12H,9-10H2,1-2H3/t12-/m1/s1. The molecule has 0 spiro atoms. The van der Waals surface area contributed by atoms with Crippen molar-refractivity contribution in [2.75, 3.05) is 20.2 Å². The van der Waals surface area contributed by atoms with Crippen LogP contribution in [-0.2, 0) is 7.05 Å². The van der Waals surface area contributed by atoms with Crippen molar-refractivity contribution >= 4 is 5.91 Å². The monoisotopic (exact) mass is 287 g/mol. The van der Waals surface area contributed by atoms with Crippen LogP contribution in [0.25, 0.3) is 0 Å². The molecule has 2 aromatic rings. The van der Waals surface area contributed by atoms with Gasteiger partial charge in [0.15, 0.2) is 17.6 Å². The highest BCUT2D eigenvalue weighted by Crippen LogP contribution is 2.30. The van der Waals surface area contributed by atoms with E-state index in [9.17, 15) is 4.79 Å². The number of benzene rings is 1. The van der Waals surface area contributed by atoms with Crippen LogP contribution in [0.5, 0.6) is 11.5 Å². The van der Waals surface area contributed by atoms with Crippen molar-refractivity contribution < 1.29 is 14.3 Å². The van der Waals surface area contributed by atoms with Gasteiger partial charge in [-0.1, -0.05) is 12.1 Å². The molecule has 1 atom stereocenters. The summed E-state index contributed by atoms with van der Waals surface area (Å²) < 4.78 is 13.1. The summed E-state index contributed by atoms with van der Waals surface area (Å²) in [5, 5.41) is 4.01. The average Bonchev–Trinajstić information content (AvgIpc) is 2.93. The minimum absolute atomic E-state index is 0.0782. The number of ether oxygens (including phenoxy) is 2. The van der Waals surface area contributed by atoms with Gasteiger partial charge in [0.1, 0.15) is 6.61 Å². The van der Waals surface area contributed by atoms with Gasteiger partial charge in [-0.25, -0.2) is 0 Å². The first-order valence-corrected chi connectivity index (χ1v) is 6.76. The summed E-state index contributed by atoms with van der Waals surface area (Å²) in [6, 6.07) is 7.54. The van der Waals surface area contributed by atoms with Crippen molar-refractivity contribution in [1.29, 1.82) is 0 Å². The molecule has 2 heterocycles. The number of aromatic nitrogens is 2. The molecule has 0 saturated carbocycles. The number of aryl methyl sites for hydroxylation is 1. The second-order valence-electron chi connectivity index (χ2n) is 5.09. The van der Waals surface area contributed by atoms with E-state index in [-0.39, 0.29) is 12.0 Å². The predicted molar refractivity (Wildman–Crippen MR) is 76.5 cm³/mol. The summed E-state index contributed by atoms with van der Waals surface area (Å²) in [5.41, 5.74) is 0.567. The van der Waals surface area contributed by atoms with Crippen LogP contribution < -0.4 is 9.47 Å². The van der Waals surface area contributed by atoms with Crippen molar-refractivity contribution in [2.45, 2.75) is 6.10 Å². The Balaban J connectivity index is 1.63. The summed E-state index contributed by atoms with van der Waals surface area (Å²) >= 11 is 0. The zero-order chi connectivity index (χ0) is 14.8. The smallest absolute Gasteiger partial charge is 0.256 e. The van der Waals surface area contributed by atoms with Gasteiger partial charge in [-0.15, -0.1) is 0 Å². The molecule has 1 aliphatic heterocycles. The normalized spacial score (nSPS) is 16.6. The van der Waals surface area contributed by atoms with Gasteiger partial charge in [-0.2, -0.15) is 5.10 Å². The molecule has 0 aliphatic carbocycles. The minimum atomic E-state index is -0.175. The number of hydrogen-bond donors (Lipinski definition) is 0. The third-order valence-electron chi connectivity index (χ3n) is 3.34. The van der Waals surface area contributed by atoms with Crippen LogP contribution in [0.2, 0.25) is 0 Å². The molecule has 1 aliphatic rings. The van der Waals surface area contributed by atoms with Gasteiger partial charge in [0.25, 0.3) is 5.91 Å². The van der Waals surface area contributed by atoms with E-state index in [2.05, 4.69) is 5.10 Å². The Morgan fingerprint density at radius 1 is 1.43 bits per heavy atom. The highest BCUT2D eigenvalue weighted by molar-refractivity contribution is 5.93. The van der Waals surface area contributed by atoms with Crippen molar-refractivity contribution in [3.8, 4) is 11.5 Å². The number of amides is 1. The maximum Gasteiger partial charge on any atom is 0.256 e. The molecule has 0 saturated heterocycles. The molecular formula is C15H17N3O3. The molecule has 0 fully saturated rings. The van der Waals surface area contributed by atoms with Crippen LogP contribution in [0.3, 0.4) is 0 Å². The van der Waals surface area contributed by atoms with Gasteiger partial charge in [0.2, 0.25) is 0 Å². The quantitative estimate of drug-likeness (QED) is 0.854. The zero-order valence-corrected chi connectivity index (χ0v) is 12.0. The summed E-state index contributed by atoms with van der Waals surface area (Å²) in [4.78, 5) is 13.9. The molecule has 1 aromatic heterocycles. The lowest BCUT2D eigenvalue weighted by Gasteiger charge is -2.29. The molecule has 0 N–H and O–H groups in total. The van der Waals surface area contributed by atoms with E-state index in [1.165, 1.54) is 0 Å². The molecule has 3 rings (SSSR count). The Morgan fingerprint density at radius 3 is 2.90 bits per heavy atom. The lowest BCUT2D eigenvalue weighted by atomic mass is 10.2. The van der Waals surface area contributed by atoms with Gasteiger partial charge in [-0.05, 0) is 12.1 Å². The van der Waals surface area contributed by atoms with Crippen molar-refractivity contribution in [2.24, 2.45) is 7.05 Å². The lowest BCUT2D eigenvalue weighted by molar-refractivity contribution is 0.0521. The molecular weight excluding hydrogens is 270 g/mol. The first kappa shape index (κ1) is 13.5. The molecule has 0 unspecified atom stereocenters. The summed E-state index contributed by atoms with van der Waals surface area (Å²) in [6.07, 6.45) is 3.09. The van der Waals surface area contributed by atoms with Crippen LogP contribution in [0.15, 0.2) is 36.7 Å². The number of likely N-dealkylation sites (N-methyl/N-ethyl adjacent to an activating group) is 1. The van der Waals surface area contributed by atoms with E-state index < -0.39 is 0 Å². The minimum Gasteiger partial charge on any atom is -0.486 e. The molecule has 110 valence electrons. The molecule has 21 heavy (non-hydrogen) atoms. The average molecular weight is 287 g/mol. The molecule has 1 aromatic carbocycles. The molecule has 6 nitrogen and oxygen atoms in total. The Labute approximate surface area is 122 Å². The first-order chi connectivity index (χ1) is 10.1. The fourth-order valence-electron chi connectivity index (χ4n) is 2.29. The maximum absolute atomic E-state index is 12.3. The second kappa shape index (κ2) is 5.47. The first-order valence-electron chi connectivity index (χ1n) is 6.76. The van der Waals surface area contributed by atoms with E-state index in [1.807, 2.05) is 24.3 Å². The number of para-hydroxylation sites is 2. The van der Waals surface area contributed by atoms with E-state index in [4.69, 9.17) is 9.47 Å². The Bertz CT molecular complexity index is 653. The van der Waals surface area contributed by atoms with Gasteiger partial charge in [0, 0.05) is 20.3 Å². The second-order valence-corrected chi connectivity index (χ2v) is 5.09. The van der Waals surface area contributed by atoms with Gasteiger partial charge in [-0.3, -0.25) is 9.48 Å². The van der Waals surface area contributed by atoms with Crippen LogP contribution in [0, 0.1) is 0 Å². The van der Waals surface area contributed by atoms with E-state index in [1.54, 1.807) is 36.1 Å². The number of fused-ring (bicyclic) bond motifs is 1. The summed E-state index contributed by atoms with van der Waals surface area (Å²) in [7, 11) is 3.53. The van der Waals surface area contributed by atoms with Crippen LogP contribution in [0.4, 0.5) is 0 Å². The number of hydrogen-bond acceptors (Lipinski definition) is 4. The Kier molecular flexibility index (Phi) is 3.51. The molecule has 6 heteroatoms. The van der Waals surface area contributed by atoms with E-state index in [0.717, 1.165) is 11.5 Å². The fraction of sp³-hybridized carbons (Fsp3) is 0.333. The largest absolute Gasteiger partial charge is 0.486 e. The summed E-state index contributed by atoms with van der Waals surface area (Å²) in [6.45, 7) is 0.893.